The van der Waals surface area contributed by atoms with Crippen molar-refractivity contribution in [2.24, 2.45) is 0 Å². The molecule has 0 unspecified atom stereocenters. The third-order valence-corrected chi connectivity index (χ3v) is 6.37. The first kappa shape index (κ1) is 17.1. The molecule has 0 atom stereocenters. The summed E-state index contributed by atoms with van der Waals surface area (Å²) < 4.78 is 40.4. The van der Waals surface area contributed by atoms with Gasteiger partial charge >= 0.3 is 0 Å². The van der Waals surface area contributed by atoms with Crippen molar-refractivity contribution in [2.45, 2.75) is 18.4 Å². The molecule has 1 aliphatic rings. The Labute approximate surface area is 142 Å². The van der Waals surface area contributed by atoms with Gasteiger partial charge < -0.3 is 0 Å². The predicted octanol–water partition coefficient (Wildman–Crippen LogP) is 2.64. The molecule has 6 heteroatoms. The summed E-state index contributed by atoms with van der Waals surface area (Å²) in [6.07, 6.45) is 0. The van der Waals surface area contributed by atoms with Crippen molar-refractivity contribution in [3.05, 3.63) is 65.5 Å². The maximum absolute atomic E-state index is 13.8. The molecule has 128 valence electrons. The number of hydrogen-bond donors (Lipinski definition) is 0. The highest BCUT2D eigenvalue weighted by Crippen LogP contribution is 2.21. The molecule has 2 aromatic rings. The van der Waals surface area contributed by atoms with Crippen LogP contribution in [0.1, 0.15) is 11.1 Å². The van der Waals surface area contributed by atoms with Crippen LogP contribution in [0.15, 0.2) is 53.4 Å². The highest BCUT2D eigenvalue weighted by molar-refractivity contribution is 7.89. The molecule has 0 radical (unpaired) electrons. The van der Waals surface area contributed by atoms with E-state index in [-0.39, 0.29) is 4.90 Å². The Balaban J connectivity index is 1.67. The van der Waals surface area contributed by atoms with Crippen LogP contribution in [-0.2, 0) is 16.6 Å². The van der Waals surface area contributed by atoms with E-state index in [9.17, 15) is 12.8 Å². The first-order chi connectivity index (χ1) is 11.5. The molecule has 1 aliphatic heterocycles. The molecule has 1 saturated heterocycles. The highest BCUT2D eigenvalue weighted by Gasteiger charge is 2.30. The van der Waals surface area contributed by atoms with E-state index in [2.05, 4.69) is 24.0 Å². The van der Waals surface area contributed by atoms with Gasteiger partial charge in [0.15, 0.2) is 0 Å². The lowest BCUT2D eigenvalue weighted by atomic mass is 10.1. The Morgan fingerprint density at radius 2 is 1.58 bits per heavy atom. The lowest BCUT2D eigenvalue weighted by molar-refractivity contribution is 0.181. The molecule has 0 amide bonds. The molecule has 0 spiro atoms. The number of rotatable bonds is 4. The molecule has 2 aromatic carbocycles. The number of piperazine rings is 1. The van der Waals surface area contributed by atoms with Gasteiger partial charge in [-0.1, -0.05) is 36.4 Å². The first-order valence-corrected chi connectivity index (χ1v) is 9.44. The van der Waals surface area contributed by atoms with Crippen LogP contribution in [0.25, 0.3) is 0 Å². The van der Waals surface area contributed by atoms with E-state index >= 15 is 0 Å². The summed E-state index contributed by atoms with van der Waals surface area (Å²) in [6, 6.07) is 13.7. The minimum Gasteiger partial charge on any atom is -0.296 e. The van der Waals surface area contributed by atoms with Crippen molar-refractivity contribution in [1.29, 1.82) is 0 Å². The smallest absolute Gasteiger partial charge is 0.246 e. The SMILES string of the molecule is Cc1ccccc1CN1CCN(S(=O)(=O)c2ccccc2F)CC1. The molecule has 24 heavy (non-hydrogen) atoms. The van der Waals surface area contributed by atoms with Gasteiger partial charge in [0.1, 0.15) is 10.7 Å². The average molecular weight is 348 g/mol. The summed E-state index contributed by atoms with van der Waals surface area (Å²) in [4.78, 5) is 1.99. The Hall–Kier alpha value is -1.76. The van der Waals surface area contributed by atoms with Gasteiger partial charge in [0.25, 0.3) is 0 Å². The number of halogens is 1. The number of benzene rings is 2. The van der Waals surface area contributed by atoms with Crippen molar-refractivity contribution < 1.29 is 12.8 Å². The van der Waals surface area contributed by atoms with Crippen molar-refractivity contribution in [2.75, 3.05) is 26.2 Å². The minimum atomic E-state index is -3.77. The third-order valence-electron chi connectivity index (χ3n) is 4.44. The van der Waals surface area contributed by atoms with Gasteiger partial charge in [-0.2, -0.15) is 4.31 Å². The molecule has 3 rings (SSSR count). The topological polar surface area (TPSA) is 40.6 Å². The Morgan fingerprint density at radius 3 is 2.25 bits per heavy atom. The number of aryl methyl sites for hydroxylation is 1. The van der Waals surface area contributed by atoms with Crippen molar-refractivity contribution >= 4 is 10.0 Å². The van der Waals surface area contributed by atoms with Gasteiger partial charge in [-0.15, -0.1) is 0 Å². The summed E-state index contributed by atoms with van der Waals surface area (Å²) in [5.41, 5.74) is 2.49. The van der Waals surface area contributed by atoms with Crippen LogP contribution in [0.5, 0.6) is 0 Å². The lowest BCUT2D eigenvalue weighted by Gasteiger charge is -2.34. The van der Waals surface area contributed by atoms with Crippen LogP contribution in [0, 0.1) is 12.7 Å². The first-order valence-electron chi connectivity index (χ1n) is 8.00. The van der Waals surface area contributed by atoms with E-state index in [4.69, 9.17) is 0 Å². The summed E-state index contributed by atoms with van der Waals surface area (Å²) in [5.74, 6) is -0.695. The third kappa shape index (κ3) is 3.50. The summed E-state index contributed by atoms with van der Waals surface area (Å²) in [5, 5.41) is 0. The van der Waals surface area contributed by atoms with Crippen LogP contribution >= 0.6 is 0 Å². The van der Waals surface area contributed by atoms with Crippen LogP contribution < -0.4 is 0 Å². The van der Waals surface area contributed by atoms with E-state index in [0.717, 1.165) is 6.54 Å². The molecule has 0 bridgehead atoms. The van der Waals surface area contributed by atoms with Crippen LogP contribution in [-0.4, -0.2) is 43.8 Å². The van der Waals surface area contributed by atoms with Crippen molar-refractivity contribution in [3.8, 4) is 0 Å². The Morgan fingerprint density at radius 1 is 0.958 bits per heavy atom. The van der Waals surface area contributed by atoms with E-state index in [1.54, 1.807) is 6.07 Å². The number of nitrogens with zero attached hydrogens (tertiary/aromatic N) is 2. The zero-order valence-electron chi connectivity index (χ0n) is 13.7. The second-order valence-corrected chi connectivity index (χ2v) is 7.94. The Kier molecular flexibility index (Phi) is 4.99. The molecule has 4 nitrogen and oxygen atoms in total. The number of sulfonamides is 1. The van der Waals surface area contributed by atoms with Gasteiger partial charge in [-0.05, 0) is 30.2 Å². The molecule has 0 aromatic heterocycles. The van der Waals surface area contributed by atoms with E-state index in [1.165, 1.54) is 33.6 Å². The Bertz CT molecular complexity index is 815. The molecule has 0 saturated carbocycles. The van der Waals surface area contributed by atoms with Gasteiger partial charge in [0.05, 0.1) is 0 Å². The molecular formula is C18H21FN2O2S. The van der Waals surface area contributed by atoms with Gasteiger partial charge in [0, 0.05) is 32.7 Å². The summed E-state index contributed by atoms with van der Waals surface area (Å²) in [7, 11) is -3.77. The zero-order chi connectivity index (χ0) is 17.2. The fraction of sp³-hybridized carbons (Fsp3) is 0.333. The second kappa shape index (κ2) is 7.01. The predicted molar refractivity (Wildman–Crippen MR) is 91.6 cm³/mol. The number of hydrogen-bond acceptors (Lipinski definition) is 3. The monoisotopic (exact) mass is 348 g/mol. The standard InChI is InChI=1S/C18H21FN2O2S/c1-15-6-2-3-7-16(15)14-20-10-12-21(13-11-20)24(22,23)18-9-5-4-8-17(18)19/h2-9H,10-14H2,1H3. The zero-order valence-corrected chi connectivity index (χ0v) is 14.5. The molecule has 1 heterocycles. The van der Waals surface area contributed by atoms with E-state index < -0.39 is 15.8 Å². The largest absolute Gasteiger partial charge is 0.296 e. The molecule has 1 fully saturated rings. The van der Waals surface area contributed by atoms with E-state index in [0.29, 0.717) is 26.2 Å². The highest BCUT2D eigenvalue weighted by atomic mass is 32.2. The van der Waals surface area contributed by atoms with Crippen molar-refractivity contribution in [1.82, 2.24) is 9.21 Å². The molecule has 0 aliphatic carbocycles. The van der Waals surface area contributed by atoms with Crippen LogP contribution in [0.2, 0.25) is 0 Å². The maximum atomic E-state index is 13.8. The lowest BCUT2D eigenvalue weighted by Crippen LogP contribution is -2.48. The molecule has 0 N–H and O–H groups in total. The van der Waals surface area contributed by atoms with Gasteiger partial charge in [-0.3, -0.25) is 4.90 Å². The average Bonchev–Trinajstić information content (AvgIpc) is 2.58. The second-order valence-electron chi connectivity index (χ2n) is 6.04. The molecular weight excluding hydrogens is 327 g/mol. The van der Waals surface area contributed by atoms with Crippen LogP contribution in [0.3, 0.4) is 0 Å². The normalized spacial score (nSPS) is 17.1. The summed E-state index contributed by atoms with van der Waals surface area (Å²) >= 11 is 0. The maximum Gasteiger partial charge on any atom is 0.246 e. The fourth-order valence-electron chi connectivity index (χ4n) is 2.95. The fourth-order valence-corrected chi connectivity index (χ4v) is 4.44. The summed E-state index contributed by atoms with van der Waals surface area (Å²) in [6.45, 7) is 4.92. The van der Waals surface area contributed by atoms with Gasteiger partial charge in [0.2, 0.25) is 10.0 Å². The quantitative estimate of drug-likeness (QED) is 0.853. The van der Waals surface area contributed by atoms with Crippen molar-refractivity contribution in [3.63, 3.8) is 0 Å². The van der Waals surface area contributed by atoms with Crippen LogP contribution in [0.4, 0.5) is 4.39 Å². The van der Waals surface area contributed by atoms with E-state index in [1.807, 2.05) is 12.1 Å². The minimum absolute atomic E-state index is 0.239. The van der Waals surface area contributed by atoms with Gasteiger partial charge in [-0.25, -0.2) is 12.8 Å².